The number of rotatable bonds is 6. The lowest BCUT2D eigenvalue weighted by Crippen LogP contribution is -2.12. The zero-order chi connectivity index (χ0) is 11.9. The summed E-state index contributed by atoms with van der Waals surface area (Å²) < 4.78 is 11.0. The molecular weight excluding hydrogens is 216 g/mol. The number of pyridine rings is 1. The van der Waals surface area contributed by atoms with Gasteiger partial charge in [0.15, 0.2) is 0 Å². The van der Waals surface area contributed by atoms with Gasteiger partial charge in [-0.1, -0.05) is 6.07 Å². The lowest BCUT2D eigenvalue weighted by molar-refractivity contribution is 0.0768. The van der Waals surface area contributed by atoms with Crippen LogP contribution in [0, 0.1) is 5.92 Å². The number of hydrogen-bond donors (Lipinski definition) is 1. The van der Waals surface area contributed by atoms with Crippen molar-refractivity contribution in [3.05, 3.63) is 29.6 Å². The van der Waals surface area contributed by atoms with Crippen LogP contribution in [0.3, 0.4) is 0 Å². The maximum Gasteiger partial charge on any atom is 0.0891 e. The van der Waals surface area contributed by atoms with Gasteiger partial charge in [0.25, 0.3) is 0 Å². The van der Waals surface area contributed by atoms with E-state index in [2.05, 4.69) is 16.4 Å². The Morgan fingerprint density at radius 1 is 1.59 bits per heavy atom. The molecule has 0 saturated carbocycles. The molecule has 94 valence electrons. The highest BCUT2D eigenvalue weighted by Gasteiger charge is 2.15. The Hall–Kier alpha value is -0.970. The van der Waals surface area contributed by atoms with Crippen molar-refractivity contribution in [3.8, 4) is 0 Å². The van der Waals surface area contributed by atoms with Gasteiger partial charge in [0.2, 0.25) is 0 Å². The molecule has 2 rings (SSSR count). The number of nitrogens with one attached hydrogen (secondary N) is 1. The quantitative estimate of drug-likeness (QED) is 0.810. The van der Waals surface area contributed by atoms with E-state index >= 15 is 0 Å². The van der Waals surface area contributed by atoms with Crippen molar-refractivity contribution in [1.29, 1.82) is 0 Å². The van der Waals surface area contributed by atoms with E-state index in [0.29, 0.717) is 12.5 Å². The van der Waals surface area contributed by atoms with Gasteiger partial charge in [0.1, 0.15) is 0 Å². The zero-order valence-corrected chi connectivity index (χ0v) is 10.3. The summed E-state index contributed by atoms with van der Waals surface area (Å²) in [5.74, 6) is 0.562. The Kier molecular flexibility index (Phi) is 4.91. The van der Waals surface area contributed by atoms with Crippen LogP contribution in [-0.2, 0) is 22.6 Å². The van der Waals surface area contributed by atoms with Crippen molar-refractivity contribution in [1.82, 2.24) is 10.3 Å². The smallest absolute Gasteiger partial charge is 0.0891 e. The largest absolute Gasteiger partial charge is 0.381 e. The minimum absolute atomic E-state index is 0.562. The van der Waals surface area contributed by atoms with E-state index in [1.807, 2.05) is 19.3 Å². The molecule has 0 amide bonds. The summed E-state index contributed by atoms with van der Waals surface area (Å²) in [5, 5.41) is 3.14. The first-order chi connectivity index (χ1) is 8.40. The van der Waals surface area contributed by atoms with Gasteiger partial charge in [-0.05, 0) is 25.1 Å². The summed E-state index contributed by atoms with van der Waals surface area (Å²) in [6.07, 6.45) is 2.93. The van der Waals surface area contributed by atoms with Gasteiger partial charge in [-0.3, -0.25) is 4.98 Å². The van der Waals surface area contributed by atoms with Crippen LogP contribution < -0.4 is 5.32 Å². The Balaban J connectivity index is 1.80. The average Bonchev–Trinajstić information content (AvgIpc) is 2.85. The van der Waals surface area contributed by atoms with Gasteiger partial charge in [-0.25, -0.2) is 0 Å². The molecule has 17 heavy (non-hydrogen) atoms. The van der Waals surface area contributed by atoms with Crippen molar-refractivity contribution in [2.24, 2.45) is 5.92 Å². The predicted octanol–water partition coefficient (Wildman–Crippen LogP) is 1.35. The number of ether oxygens (including phenoxy) is 2. The van der Waals surface area contributed by atoms with E-state index in [-0.39, 0.29) is 0 Å². The zero-order valence-electron chi connectivity index (χ0n) is 10.3. The fourth-order valence-electron chi connectivity index (χ4n) is 1.99. The van der Waals surface area contributed by atoms with Crippen LogP contribution in [-0.4, -0.2) is 31.9 Å². The van der Waals surface area contributed by atoms with Gasteiger partial charge >= 0.3 is 0 Å². The molecule has 1 aliphatic heterocycles. The molecule has 0 aliphatic carbocycles. The van der Waals surface area contributed by atoms with Gasteiger partial charge in [-0.15, -0.1) is 0 Å². The fourth-order valence-corrected chi connectivity index (χ4v) is 1.99. The summed E-state index contributed by atoms with van der Waals surface area (Å²) in [5.41, 5.74) is 2.23. The molecule has 4 heteroatoms. The van der Waals surface area contributed by atoms with Gasteiger partial charge in [0, 0.05) is 25.3 Å². The number of aromatic nitrogens is 1. The Labute approximate surface area is 102 Å². The first-order valence-electron chi connectivity index (χ1n) is 6.13. The van der Waals surface area contributed by atoms with Gasteiger partial charge in [0.05, 0.1) is 25.5 Å². The molecule has 0 radical (unpaired) electrons. The first kappa shape index (κ1) is 12.5. The lowest BCUT2D eigenvalue weighted by atomic mass is 10.1. The van der Waals surface area contributed by atoms with Crippen LogP contribution >= 0.6 is 0 Å². The van der Waals surface area contributed by atoms with Crippen LogP contribution in [0.4, 0.5) is 0 Å². The third-order valence-corrected chi connectivity index (χ3v) is 2.97. The molecule has 2 heterocycles. The van der Waals surface area contributed by atoms with Gasteiger partial charge < -0.3 is 14.8 Å². The number of nitrogens with zero attached hydrogens (tertiary/aromatic N) is 1. The van der Waals surface area contributed by atoms with Crippen molar-refractivity contribution in [2.75, 3.05) is 26.9 Å². The van der Waals surface area contributed by atoms with E-state index in [9.17, 15) is 0 Å². The Morgan fingerprint density at radius 2 is 2.53 bits per heavy atom. The molecule has 1 N–H and O–H groups in total. The highest BCUT2D eigenvalue weighted by atomic mass is 16.5. The SMILES string of the molecule is CNCc1cccnc1COCC1CCOC1. The molecule has 4 nitrogen and oxygen atoms in total. The molecule has 1 unspecified atom stereocenters. The third kappa shape index (κ3) is 3.77. The molecule has 1 aliphatic rings. The summed E-state index contributed by atoms with van der Waals surface area (Å²) in [7, 11) is 1.94. The topological polar surface area (TPSA) is 43.4 Å². The van der Waals surface area contributed by atoms with Crippen LogP contribution in [0.2, 0.25) is 0 Å². The van der Waals surface area contributed by atoms with Crippen molar-refractivity contribution >= 4 is 0 Å². The second-order valence-corrected chi connectivity index (χ2v) is 4.38. The monoisotopic (exact) mass is 236 g/mol. The summed E-state index contributed by atoms with van der Waals surface area (Å²) in [6.45, 7) is 3.91. The summed E-state index contributed by atoms with van der Waals surface area (Å²) in [4.78, 5) is 4.37. The second-order valence-electron chi connectivity index (χ2n) is 4.38. The molecule has 1 saturated heterocycles. The number of hydrogen-bond acceptors (Lipinski definition) is 4. The molecule has 0 aromatic carbocycles. The van der Waals surface area contributed by atoms with Crippen LogP contribution in [0.15, 0.2) is 18.3 Å². The van der Waals surface area contributed by atoms with E-state index in [1.165, 1.54) is 5.56 Å². The normalized spacial score (nSPS) is 19.7. The van der Waals surface area contributed by atoms with E-state index in [0.717, 1.165) is 38.5 Å². The van der Waals surface area contributed by atoms with E-state index < -0.39 is 0 Å². The fraction of sp³-hybridized carbons (Fsp3) is 0.615. The molecule has 1 aromatic rings. The average molecular weight is 236 g/mol. The minimum Gasteiger partial charge on any atom is -0.381 e. The standard InChI is InChI=1S/C13H20N2O2/c1-14-7-12-3-2-5-15-13(12)10-17-9-11-4-6-16-8-11/h2-3,5,11,14H,4,6-10H2,1H3. The van der Waals surface area contributed by atoms with Crippen LogP contribution in [0.5, 0.6) is 0 Å². The van der Waals surface area contributed by atoms with Crippen LogP contribution in [0.1, 0.15) is 17.7 Å². The second kappa shape index (κ2) is 6.69. The summed E-state index contributed by atoms with van der Waals surface area (Å²) in [6, 6.07) is 4.04. The Bertz CT molecular complexity index is 338. The van der Waals surface area contributed by atoms with Crippen molar-refractivity contribution in [2.45, 2.75) is 19.6 Å². The molecule has 0 spiro atoms. The highest BCUT2D eigenvalue weighted by molar-refractivity contribution is 5.18. The molecule has 1 fully saturated rings. The molecule has 0 bridgehead atoms. The molecule has 1 aromatic heterocycles. The third-order valence-electron chi connectivity index (χ3n) is 2.97. The highest BCUT2D eigenvalue weighted by Crippen LogP contribution is 2.14. The van der Waals surface area contributed by atoms with E-state index in [1.54, 1.807) is 0 Å². The minimum atomic E-state index is 0.562. The maximum atomic E-state index is 5.72. The maximum absolute atomic E-state index is 5.72. The first-order valence-corrected chi connectivity index (χ1v) is 6.13. The lowest BCUT2D eigenvalue weighted by Gasteiger charge is -2.11. The Morgan fingerprint density at radius 3 is 3.29 bits per heavy atom. The predicted molar refractivity (Wildman–Crippen MR) is 65.6 cm³/mol. The van der Waals surface area contributed by atoms with E-state index in [4.69, 9.17) is 9.47 Å². The van der Waals surface area contributed by atoms with Crippen molar-refractivity contribution in [3.63, 3.8) is 0 Å². The molecular formula is C13H20N2O2. The summed E-state index contributed by atoms with van der Waals surface area (Å²) >= 11 is 0. The van der Waals surface area contributed by atoms with Gasteiger partial charge in [-0.2, -0.15) is 0 Å². The molecule has 1 atom stereocenters. The van der Waals surface area contributed by atoms with Crippen LogP contribution in [0.25, 0.3) is 0 Å². The van der Waals surface area contributed by atoms with Crippen molar-refractivity contribution < 1.29 is 9.47 Å².